The zero-order valence-corrected chi connectivity index (χ0v) is 13.7. The smallest absolute Gasteiger partial charge is 0.238 e. The number of anilines is 1. The van der Waals surface area contributed by atoms with Crippen LogP contribution in [0, 0.1) is 11.3 Å². The standard InChI is InChI=1S/C14H16N4O2S2/c1-2-11-9-18-14(21-11)5-6-17-13-4-3-12(22(16,19)20)7-10(13)8-15/h3-4,7,9,17H,2,5-6H2,1H3,(H2,16,19,20). The van der Waals surface area contributed by atoms with E-state index < -0.39 is 10.0 Å². The largest absolute Gasteiger partial charge is 0.384 e. The number of aromatic nitrogens is 1. The molecule has 116 valence electrons. The minimum absolute atomic E-state index is 0.0675. The molecule has 3 N–H and O–H groups in total. The fourth-order valence-corrected chi connectivity index (χ4v) is 3.28. The first-order valence-corrected chi connectivity index (χ1v) is 9.04. The highest BCUT2D eigenvalue weighted by Crippen LogP contribution is 2.20. The molecule has 1 heterocycles. The van der Waals surface area contributed by atoms with Crippen molar-refractivity contribution >= 4 is 27.0 Å². The van der Waals surface area contributed by atoms with Crippen molar-refractivity contribution in [1.82, 2.24) is 4.98 Å². The minimum atomic E-state index is -3.80. The number of aryl methyl sites for hydroxylation is 1. The first kappa shape index (κ1) is 16.4. The molecule has 0 bridgehead atoms. The van der Waals surface area contributed by atoms with Crippen LogP contribution in [0.1, 0.15) is 22.4 Å². The van der Waals surface area contributed by atoms with Gasteiger partial charge >= 0.3 is 0 Å². The Bertz CT molecular complexity index is 806. The van der Waals surface area contributed by atoms with Crippen LogP contribution in [0.3, 0.4) is 0 Å². The second-order valence-electron chi connectivity index (χ2n) is 4.61. The monoisotopic (exact) mass is 336 g/mol. The number of primary sulfonamides is 1. The topological polar surface area (TPSA) is 109 Å². The third kappa shape index (κ3) is 4.04. The van der Waals surface area contributed by atoms with Crippen LogP contribution in [0.2, 0.25) is 0 Å². The molecule has 0 saturated carbocycles. The molecule has 0 fully saturated rings. The van der Waals surface area contributed by atoms with Gasteiger partial charge in [0.2, 0.25) is 10.0 Å². The summed E-state index contributed by atoms with van der Waals surface area (Å²) in [5, 5.41) is 18.3. The number of nitriles is 1. The molecule has 6 nitrogen and oxygen atoms in total. The van der Waals surface area contributed by atoms with Gasteiger partial charge in [-0.15, -0.1) is 11.3 Å². The summed E-state index contributed by atoms with van der Waals surface area (Å²) in [5.41, 5.74) is 0.835. The Labute approximate surface area is 133 Å². The third-order valence-corrected chi connectivity index (χ3v) is 5.16. The van der Waals surface area contributed by atoms with Crippen LogP contribution in [0.4, 0.5) is 5.69 Å². The molecule has 8 heteroatoms. The lowest BCUT2D eigenvalue weighted by Crippen LogP contribution is -2.13. The van der Waals surface area contributed by atoms with Gasteiger partial charge in [-0.1, -0.05) is 6.92 Å². The van der Waals surface area contributed by atoms with Crippen molar-refractivity contribution in [1.29, 1.82) is 5.26 Å². The first-order valence-electron chi connectivity index (χ1n) is 6.68. The van der Waals surface area contributed by atoms with E-state index in [1.807, 2.05) is 12.3 Å². The Hall–Kier alpha value is -1.95. The van der Waals surface area contributed by atoms with Gasteiger partial charge < -0.3 is 5.32 Å². The molecule has 0 radical (unpaired) electrons. The molecule has 1 aromatic heterocycles. The highest BCUT2D eigenvalue weighted by atomic mass is 32.2. The third-order valence-electron chi connectivity index (χ3n) is 3.04. The van der Waals surface area contributed by atoms with Crippen LogP contribution < -0.4 is 10.5 Å². The first-order chi connectivity index (χ1) is 10.4. The highest BCUT2D eigenvalue weighted by molar-refractivity contribution is 7.89. The van der Waals surface area contributed by atoms with E-state index >= 15 is 0 Å². The van der Waals surface area contributed by atoms with E-state index in [1.165, 1.54) is 17.0 Å². The van der Waals surface area contributed by atoms with E-state index in [2.05, 4.69) is 17.2 Å². The summed E-state index contributed by atoms with van der Waals surface area (Å²) in [5.74, 6) is 0. The highest BCUT2D eigenvalue weighted by Gasteiger charge is 2.11. The quantitative estimate of drug-likeness (QED) is 0.837. The summed E-state index contributed by atoms with van der Waals surface area (Å²) in [6.07, 6.45) is 3.59. The molecule has 0 aliphatic heterocycles. The van der Waals surface area contributed by atoms with Crippen molar-refractivity contribution in [3.8, 4) is 6.07 Å². The molecular formula is C14H16N4O2S2. The van der Waals surface area contributed by atoms with Crippen LogP contribution >= 0.6 is 11.3 Å². The van der Waals surface area contributed by atoms with E-state index in [0.29, 0.717) is 12.2 Å². The van der Waals surface area contributed by atoms with Gasteiger partial charge in [0.25, 0.3) is 0 Å². The summed E-state index contributed by atoms with van der Waals surface area (Å²) in [4.78, 5) is 5.50. The summed E-state index contributed by atoms with van der Waals surface area (Å²) in [6, 6.07) is 6.19. The van der Waals surface area contributed by atoms with Crippen LogP contribution in [-0.4, -0.2) is 19.9 Å². The van der Waals surface area contributed by atoms with Gasteiger partial charge in [0.1, 0.15) is 6.07 Å². The molecule has 0 aliphatic rings. The predicted octanol–water partition coefficient (Wildman–Crippen LogP) is 1.88. The normalized spacial score (nSPS) is 11.1. The van der Waals surface area contributed by atoms with E-state index in [4.69, 9.17) is 10.4 Å². The van der Waals surface area contributed by atoms with Gasteiger partial charge in [-0.3, -0.25) is 0 Å². The number of sulfonamides is 1. The van der Waals surface area contributed by atoms with Gasteiger partial charge in [0.15, 0.2) is 0 Å². The number of nitrogens with two attached hydrogens (primary N) is 1. The van der Waals surface area contributed by atoms with Crippen molar-refractivity contribution in [2.45, 2.75) is 24.7 Å². The maximum absolute atomic E-state index is 11.3. The Kier molecular flexibility index (Phi) is 5.13. The second-order valence-corrected chi connectivity index (χ2v) is 7.38. The number of thiazole rings is 1. The fraction of sp³-hybridized carbons (Fsp3) is 0.286. The number of hydrogen-bond donors (Lipinski definition) is 2. The summed E-state index contributed by atoms with van der Waals surface area (Å²) < 4.78 is 22.6. The molecular weight excluding hydrogens is 320 g/mol. The Morgan fingerprint density at radius 2 is 2.23 bits per heavy atom. The van der Waals surface area contributed by atoms with Gasteiger partial charge in [-0.25, -0.2) is 18.5 Å². The average molecular weight is 336 g/mol. The fourth-order valence-electron chi connectivity index (χ4n) is 1.88. The molecule has 0 amide bonds. The zero-order valence-electron chi connectivity index (χ0n) is 12.0. The molecule has 22 heavy (non-hydrogen) atoms. The predicted molar refractivity (Wildman–Crippen MR) is 86.2 cm³/mol. The SMILES string of the molecule is CCc1cnc(CCNc2ccc(S(N)(=O)=O)cc2C#N)s1. The van der Waals surface area contributed by atoms with Crippen LogP contribution in [0.25, 0.3) is 0 Å². The Balaban J connectivity index is 2.05. The number of benzene rings is 1. The van der Waals surface area contributed by atoms with Crippen molar-refractivity contribution in [2.75, 3.05) is 11.9 Å². The number of nitrogens with zero attached hydrogens (tertiary/aromatic N) is 2. The van der Waals surface area contributed by atoms with Crippen LogP contribution in [0.15, 0.2) is 29.3 Å². The molecule has 0 spiro atoms. The van der Waals surface area contributed by atoms with Crippen molar-refractivity contribution in [3.05, 3.63) is 39.8 Å². The van der Waals surface area contributed by atoms with E-state index in [9.17, 15) is 8.42 Å². The lowest BCUT2D eigenvalue weighted by molar-refractivity contribution is 0.598. The van der Waals surface area contributed by atoms with Crippen molar-refractivity contribution < 1.29 is 8.42 Å². The van der Waals surface area contributed by atoms with Gasteiger partial charge in [0, 0.05) is 24.0 Å². The van der Waals surface area contributed by atoms with Gasteiger partial charge in [-0.2, -0.15) is 5.26 Å². The maximum Gasteiger partial charge on any atom is 0.238 e. The second kappa shape index (κ2) is 6.87. The van der Waals surface area contributed by atoms with E-state index in [-0.39, 0.29) is 10.5 Å². The minimum Gasteiger partial charge on any atom is -0.384 e. The molecule has 0 saturated heterocycles. The maximum atomic E-state index is 11.3. The molecule has 2 rings (SSSR count). The molecule has 0 aliphatic carbocycles. The molecule has 0 unspecified atom stereocenters. The van der Waals surface area contributed by atoms with Crippen LogP contribution in [-0.2, 0) is 22.9 Å². The number of rotatable bonds is 6. The zero-order chi connectivity index (χ0) is 16.2. The molecule has 0 atom stereocenters. The van der Waals surface area contributed by atoms with Crippen LogP contribution in [0.5, 0.6) is 0 Å². The molecule has 2 aromatic rings. The van der Waals surface area contributed by atoms with Gasteiger partial charge in [0.05, 0.1) is 21.2 Å². The van der Waals surface area contributed by atoms with E-state index in [0.717, 1.165) is 17.8 Å². The lowest BCUT2D eigenvalue weighted by Gasteiger charge is -2.08. The lowest BCUT2D eigenvalue weighted by atomic mass is 10.2. The Morgan fingerprint density at radius 3 is 2.82 bits per heavy atom. The van der Waals surface area contributed by atoms with Gasteiger partial charge in [-0.05, 0) is 24.6 Å². The van der Waals surface area contributed by atoms with Crippen molar-refractivity contribution in [3.63, 3.8) is 0 Å². The van der Waals surface area contributed by atoms with E-state index in [1.54, 1.807) is 17.4 Å². The summed E-state index contributed by atoms with van der Waals surface area (Å²) >= 11 is 1.67. The number of hydrogen-bond acceptors (Lipinski definition) is 6. The average Bonchev–Trinajstić information content (AvgIpc) is 2.94. The molecule has 1 aromatic carbocycles. The van der Waals surface area contributed by atoms with Crippen molar-refractivity contribution in [2.24, 2.45) is 5.14 Å². The number of nitrogens with one attached hydrogen (secondary N) is 1. The summed E-state index contributed by atoms with van der Waals surface area (Å²) in [6.45, 7) is 2.70. The summed E-state index contributed by atoms with van der Waals surface area (Å²) in [7, 11) is -3.80. The Morgan fingerprint density at radius 1 is 1.45 bits per heavy atom.